The van der Waals surface area contributed by atoms with Gasteiger partial charge in [-0.05, 0) is 47.7 Å². The molecule has 0 bridgehead atoms. The summed E-state index contributed by atoms with van der Waals surface area (Å²) in [6.45, 7) is 4.31. The smallest absolute Gasteiger partial charge is 0.0154 e. The molecule has 0 unspecified atom stereocenters. The standard InChI is InChI=1S/C20H18/c1-15-11-12-20(16(2)13-15)19-10-6-9-18(14-19)17-7-4-3-5-8-17/h3-14H,1-2H3. The van der Waals surface area contributed by atoms with Crippen LogP contribution in [0, 0.1) is 13.8 Å². The lowest BCUT2D eigenvalue weighted by atomic mass is 9.95. The molecule has 0 heteroatoms. The third kappa shape index (κ3) is 2.50. The van der Waals surface area contributed by atoms with Crippen LogP contribution in [0.1, 0.15) is 11.1 Å². The molecule has 3 aromatic rings. The minimum atomic E-state index is 1.26. The third-order valence-corrected chi connectivity index (χ3v) is 3.66. The van der Waals surface area contributed by atoms with Gasteiger partial charge in [0.15, 0.2) is 0 Å². The van der Waals surface area contributed by atoms with Crippen molar-refractivity contribution in [2.75, 3.05) is 0 Å². The molecule has 0 aliphatic carbocycles. The molecule has 0 aliphatic heterocycles. The van der Waals surface area contributed by atoms with Crippen LogP contribution >= 0.6 is 0 Å². The fourth-order valence-corrected chi connectivity index (χ4v) is 2.63. The van der Waals surface area contributed by atoms with Gasteiger partial charge in [0.05, 0.1) is 0 Å². The monoisotopic (exact) mass is 258 g/mol. The maximum Gasteiger partial charge on any atom is -0.0154 e. The highest BCUT2D eigenvalue weighted by atomic mass is 14.1. The lowest BCUT2D eigenvalue weighted by Gasteiger charge is -2.09. The Kier molecular flexibility index (Phi) is 3.39. The van der Waals surface area contributed by atoms with Gasteiger partial charge in [0.2, 0.25) is 0 Å². The van der Waals surface area contributed by atoms with E-state index in [1.807, 2.05) is 0 Å². The molecule has 0 saturated carbocycles. The summed E-state index contributed by atoms with van der Waals surface area (Å²) in [5.41, 5.74) is 7.76. The van der Waals surface area contributed by atoms with Crippen LogP contribution in [-0.4, -0.2) is 0 Å². The number of hydrogen-bond acceptors (Lipinski definition) is 0. The summed E-state index contributed by atoms with van der Waals surface area (Å²) in [6.07, 6.45) is 0. The first-order valence-electron chi connectivity index (χ1n) is 6.97. The molecular formula is C20H18. The topological polar surface area (TPSA) is 0 Å². The van der Waals surface area contributed by atoms with Crippen molar-refractivity contribution < 1.29 is 0 Å². The van der Waals surface area contributed by atoms with Crippen LogP contribution in [0.4, 0.5) is 0 Å². The second kappa shape index (κ2) is 5.34. The van der Waals surface area contributed by atoms with Gasteiger partial charge in [-0.25, -0.2) is 0 Å². The molecule has 0 radical (unpaired) electrons. The maximum absolute atomic E-state index is 2.27. The summed E-state index contributed by atoms with van der Waals surface area (Å²) in [5, 5.41) is 0. The van der Waals surface area contributed by atoms with E-state index in [0.29, 0.717) is 0 Å². The van der Waals surface area contributed by atoms with E-state index in [9.17, 15) is 0 Å². The van der Waals surface area contributed by atoms with Gasteiger partial charge >= 0.3 is 0 Å². The van der Waals surface area contributed by atoms with Crippen LogP contribution in [-0.2, 0) is 0 Å². The molecule has 0 nitrogen and oxygen atoms in total. The van der Waals surface area contributed by atoms with E-state index in [1.54, 1.807) is 0 Å². The van der Waals surface area contributed by atoms with E-state index in [2.05, 4.69) is 86.6 Å². The van der Waals surface area contributed by atoms with Gasteiger partial charge < -0.3 is 0 Å². The molecule has 0 atom stereocenters. The summed E-state index contributed by atoms with van der Waals surface area (Å²) >= 11 is 0. The van der Waals surface area contributed by atoms with Gasteiger partial charge in [-0.1, -0.05) is 72.3 Å². The predicted octanol–water partition coefficient (Wildman–Crippen LogP) is 5.64. The fourth-order valence-electron chi connectivity index (χ4n) is 2.63. The van der Waals surface area contributed by atoms with Crippen LogP contribution in [0.15, 0.2) is 72.8 Å². The van der Waals surface area contributed by atoms with E-state index < -0.39 is 0 Å². The van der Waals surface area contributed by atoms with Crippen molar-refractivity contribution in [3.8, 4) is 22.3 Å². The summed E-state index contributed by atoms with van der Waals surface area (Å²) < 4.78 is 0. The first-order chi connectivity index (χ1) is 9.74. The molecule has 0 N–H and O–H groups in total. The predicted molar refractivity (Wildman–Crippen MR) is 86.8 cm³/mol. The van der Waals surface area contributed by atoms with Crippen LogP contribution in [0.5, 0.6) is 0 Å². The highest BCUT2D eigenvalue weighted by Gasteiger charge is 2.04. The Morgan fingerprint density at radius 3 is 2.00 bits per heavy atom. The van der Waals surface area contributed by atoms with Crippen LogP contribution in [0.3, 0.4) is 0 Å². The van der Waals surface area contributed by atoms with Crippen molar-refractivity contribution in [3.63, 3.8) is 0 Å². The van der Waals surface area contributed by atoms with E-state index in [4.69, 9.17) is 0 Å². The van der Waals surface area contributed by atoms with E-state index >= 15 is 0 Å². The van der Waals surface area contributed by atoms with Crippen molar-refractivity contribution in [1.82, 2.24) is 0 Å². The molecule has 20 heavy (non-hydrogen) atoms. The van der Waals surface area contributed by atoms with Crippen molar-refractivity contribution in [2.45, 2.75) is 13.8 Å². The molecular weight excluding hydrogens is 240 g/mol. The first-order valence-corrected chi connectivity index (χ1v) is 6.97. The van der Waals surface area contributed by atoms with Gasteiger partial charge in [-0.3, -0.25) is 0 Å². The summed E-state index contributed by atoms with van der Waals surface area (Å²) in [7, 11) is 0. The Hall–Kier alpha value is -2.34. The molecule has 98 valence electrons. The van der Waals surface area contributed by atoms with E-state index in [1.165, 1.54) is 33.4 Å². The lowest BCUT2D eigenvalue weighted by molar-refractivity contribution is 1.38. The Bertz CT molecular complexity index is 724. The highest BCUT2D eigenvalue weighted by Crippen LogP contribution is 2.28. The molecule has 0 aromatic heterocycles. The number of aryl methyl sites for hydroxylation is 2. The molecule has 3 rings (SSSR count). The second-order valence-corrected chi connectivity index (χ2v) is 5.27. The van der Waals surface area contributed by atoms with Crippen molar-refractivity contribution in [1.29, 1.82) is 0 Å². The SMILES string of the molecule is Cc1ccc(-c2cccc(-c3ccccc3)c2)c(C)c1. The van der Waals surface area contributed by atoms with Crippen LogP contribution in [0.2, 0.25) is 0 Å². The van der Waals surface area contributed by atoms with Gasteiger partial charge in [0.25, 0.3) is 0 Å². The minimum absolute atomic E-state index is 1.26. The molecule has 0 aliphatic rings. The minimum Gasteiger partial charge on any atom is -0.0622 e. The molecule has 3 aromatic carbocycles. The Labute approximate surface area is 120 Å². The Morgan fingerprint density at radius 1 is 0.550 bits per heavy atom. The zero-order valence-corrected chi connectivity index (χ0v) is 11.9. The maximum atomic E-state index is 2.27. The second-order valence-electron chi connectivity index (χ2n) is 5.27. The normalized spacial score (nSPS) is 10.5. The van der Waals surface area contributed by atoms with Crippen LogP contribution in [0.25, 0.3) is 22.3 Å². The van der Waals surface area contributed by atoms with Crippen molar-refractivity contribution >= 4 is 0 Å². The molecule has 0 heterocycles. The average Bonchev–Trinajstić information content (AvgIpc) is 2.48. The quantitative estimate of drug-likeness (QED) is 0.558. The van der Waals surface area contributed by atoms with Gasteiger partial charge in [-0.2, -0.15) is 0 Å². The molecule has 0 fully saturated rings. The largest absolute Gasteiger partial charge is 0.0622 e. The Morgan fingerprint density at radius 2 is 1.25 bits per heavy atom. The van der Waals surface area contributed by atoms with Gasteiger partial charge in [0.1, 0.15) is 0 Å². The number of rotatable bonds is 2. The number of benzene rings is 3. The first kappa shape index (κ1) is 12.7. The summed E-state index contributed by atoms with van der Waals surface area (Å²) in [5.74, 6) is 0. The summed E-state index contributed by atoms with van der Waals surface area (Å²) in [4.78, 5) is 0. The Balaban J connectivity index is 2.08. The number of hydrogen-bond donors (Lipinski definition) is 0. The van der Waals surface area contributed by atoms with Gasteiger partial charge in [-0.15, -0.1) is 0 Å². The van der Waals surface area contributed by atoms with Crippen LogP contribution < -0.4 is 0 Å². The zero-order chi connectivity index (χ0) is 13.9. The zero-order valence-electron chi connectivity index (χ0n) is 11.9. The highest BCUT2D eigenvalue weighted by molar-refractivity contribution is 5.74. The van der Waals surface area contributed by atoms with E-state index in [-0.39, 0.29) is 0 Å². The molecule has 0 amide bonds. The lowest BCUT2D eigenvalue weighted by Crippen LogP contribution is -1.86. The molecule has 0 spiro atoms. The van der Waals surface area contributed by atoms with E-state index in [0.717, 1.165) is 0 Å². The molecule has 0 saturated heterocycles. The average molecular weight is 258 g/mol. The van der Waals surface area contributed by atoms with Gasteiger partial charge in [0, 0.05) is 0 Å². The fraction of sp³-hybridized carbons (Fsp3) is 0.100. The van der Waals surface area contributed by atoms with Crippen molar-refractivity contribution in [2.24, 2.45) is 0 Å². The summed E-state index contributed by atoms with van der Waals surface area (Å²) in [6, 6.07) is 25.9. The van der Waals surface area contributed by atoms with Crippen molar-refractivity contribution in [3.05, 3.63) is 83.9 Å². The third-order valence-electron chi connectivity index (χ3n) is 3.66.